The average Bonchev–Trinajstić information content (AvgIpc) is 3.43. The van der Waals surface area contributed by atoms with Crippen LogP contribution in [-0.2, 0) is 0 Å². The van der Waals surface area contributed by atoms with Crippen LogP contribution < -0.4 is 10.6 Å². The summed E-state index contributed by atoms with van der Waals surface area (Å²) in [5.74, 6) is -0.262. The molecular weight excluding hydrogens is 391 g/mol. The van der Waals surface area contributed by atoms with Gasteiger partial charge in [0.25, 0.3) is 0 Å². The van der Waals surface area contributed by atoms with Gasteiger partial charge >= 0.3 is 0 Å². The SMILES string of the molecule is Fc1ccc(-c2cncc3c2NC(c2[nH]nc4ccc(-c5cccnc5)cc24)N3)cc1. The van der Waals surface area contributed by atoms with Gasteiger partial charge in [-0.15, -0.1) is 0 Å². The first kappa shape index (κ1) is 17.6. The Hall–Kier alpha value is -4.26. The third-order valence-electron chi connectivity index (χ3n) is 5.56. The monoisotopic (exact) mass is 408 g/mol. The fraction of sp³-hybridized carbons (Fsp3) is 0.0417. The van der Waals surface area contributed by atoms with Crippen LogP contribution in [0.25, 0.3) is 33.2 Å². The van der Waals surface area contributed by atoms with E-state index < -0.39 is 0 Å². The van der Waals surface area contributed by atoms with Crippen molar-refractivity contribution in [3.63, 3.8) is 0 Å². The molecule has 0 saturated carbocycles. The van der Waals surface area contributed by atoms with E-state index in [1.54, 1.807) is 30.7 Å². The van der Waals surface area contributed by atoms with Gasteiger partial charge in [0.05, 0.1) is 28.8 Å². The number of H-pyrrole nitrogens is 1. The van der Waals surface area contributed by atoms with E-state index in [1.807, 2.05) is 30.5 Å². The van der Waals surface area contributed by atoms with Crippen LogP contribution >= 0.6 is 0 Å². The van der Waals surface area contributed by atoms with Gasteiger partial charge in [-0.1, -0.05) is 24.3 Å². The van der Waals surface area contributed by atoms with Crippen LogP contribution in [0.3, 0.4) is 0 Å². The molecule has 1 unspecified atom stereocenters. The number of halogens is 1. The number of aromatic amines is 1. The molecule has 0 fully saturated rings. The molecular formula is C24H17FN6. The first-order valence-corrected chi connectivity index (χ1v) is 9.92. The van der Waals surface area contributed by atoms with Crippen molar-refractivity contribution in [3.8, 4) is 22.3 Å². The van der Waals surface area contributed by atoms with Crippen molar-refractivity contribution in [2.75, 3.05) is 10.6 Å². The first-order valence-electron chi connectivity index (χ1n) is 9.92. The number of pyridine rings is 2. The summed E-state index contributed by atoms with van der Waals surface area (Å²) in [5.41, 5.74) is 7.57. The maximum absolute atomic E-state index is 13.4. The molecule has 1 aliphatic rings. The normalized spacial score (nSPS) is 14.8. The summed E-state index contributed by atoms with van der Waals surface area (Å²) in [7, 11) is 0. The van der Waals surface area contributed by atoms with Gasteiger partial charge in [-0.05, 0) is 41.5 Å². The molecule has 31 heavy (non-hydrogen) atoms. The number of hydrogen-bond donors (Lipinski definition) is 3. The number of aromatic nitrogens is 4. The summed E-state index contributed by atoms with van der Waals surface area (Å²) in [6, 6.07) is 16.6. The Kier molecular flexibility index (Phi) is 3.92. The molecule has 0 spiro atoms. The highest BCUT2D eigenvalue weighted by molar-refractivity contribution is 5.92. The van der Waals surface area contributed by atoms with Crippen LogP contribution in [0.4, 0.5) is 15.8 Å². The minimum atomic E-state index is -0.262. The highest BCUT2D eigenvalue weighted by atomic mass is 19.1. The van der Waals surface area contributed by atoms with Gasteiger partial charge < -0.3 is 10.6 Å². The molecule has 6 rings (SSSR count). The molecule has 4 heterocycles. The summed E-state index contributed by atoms with van der Waals surface area (Å²) in [6.45, 7) is 0. The summed E-state index contributed by atoms with van der Waals surface area (Å²) in [5, 5.41) is 15.7. The number of nitrogens with one attached hydrogen (secondary N) is 3. The highest BCUT2D eigenvalue weighted by Crippen LogP contribution is 2.42. The number of nitrogens with zero attached hydrogens (tertiary/aromatic N) is 3. The molecule has 5 aromatic rings. The maximum Gasteiger partial charge on any atom is 0.141 e. The number of fused-ring (bicyclic) bond motifs is 2. The lowest BCUT2D eigenvalue weighted by Crippen LogP contribution is -2.13. The van der Waals surface area contributed by atoms with Crippen LogP contribution in [0.5, 0.6) is 0 Å². The molecule has 6 nitrogen and oxygen atoms in total. The summed E-state index contributed by atoms with van der Waals surface area (Å²) in [4.78, 5) is 8.58. The van der Waals surface area contributed by atoms with E-state index in [-0.39, 0.29) is 12.0 Å². The van der Waals surface area contributed by atoms with Gasteiger partial charge in [-0.25, -0.2) is 4.39 Å². The summed E-state index contributed by atoms with van der Waals surface area (Å²) < 4.78 is 13.4. The summed E-state index contributed by atoms with van der Waals surface area (Å²) in [6.07, 6.45) is 6.99. The summed E-state index contributed by atoms with van der Waals surface area (Å²) >= 11 is 0. The Morgan fingerprint density at radius 3 is 2.52 bits per heavy atom. The molecule has 0 aliphatic carbocycles. The predicted octanol–water partition coefficient (Wildman–Crippen LogP) is 5.36. The van der Waals surface area contributed by atoms with Crippen molar-refractivity contribution >= 4 is 22.3 Å². The predicted molar refractivity (Wildman–Crippen MR) is 119 cm³/mol. The second kappa shape index (κ2) is 6.91. The maximum atomic E-state index is 13.4. The first-order chi connectivity index (χ1) is 15.3. The largest absolute Gasteiger partial charge is 0.358 e. The van der Waals surface area contributed by atoms with Gasteiger partial charge in [-0.2, -0.15) is 5.10 Å². The number of anilines is 2. The smallest absolute Gasteiger partial charge is 0.141 e. The van der Waals surface area contributed by atoms with Crippen LogP contribution in [-0.4, -0.2) is 20.2 Å². The second-order valence-corrected chi connectivity index (χ2v) is 7.45. The van der Waals surface area contributed by atoms with Gasteiger partial charge in [0.1, 0.15) is 12.0 Å². The van der Waals surface area contributed by atoms with Crippen LogP contribution in [0.1, 0.15) is 11.9 Å². The quantitative estimate of drug-likeness (QED) is 0.374. The van der Waals surface area contributed by atoms with Crippen molar-refractivity contribution in [1.29, 1.82) is 0 Å². The average molecular weight is 408 g/mol. The van der Waals surface area contributed by atoms with E-state index in [0.717, 1.165) is 50.2 Å². The minimum Gasteiger partial charge on any atom is -0.358 e. The molecule has 150 valence electrons. The molecule has 0 radical (unpaired) electrons. The van der Waals surface area contributed by atoms with Crippen molar-refractivity contribution in [3.05, 3.63) is 90.9 Å². The van der Waals surface area contributed by atoms with E-state index in [2.05, 4.69) is 36.9 Å². The Morgan fingerprint density at radius 1 is 0.806 bits per heavy atom. The van der Waals surface area contributed by atoms with Crippen LogP contribution in [0, 0.1) is 5.82 Å². The molecule has 3 aromatic heterocycles. The minimum absolute atomic E-state index is 0.201. The van der Waals surface area contributed by atoms with Crippen LogP contribution in [0.2, 0.25) is 0 Å². The van der Waals surface area contributed by atoms with Gasteiger partial charge in [0, 0.05) is 35.1 Å². The lowest BCUT2D eigenvalue weighted by molar-refractivity contribution is 0.628. The van der Waals surface area contributed by atoms with E-state index in [0.29, 0.717) is 0 Å². The molecule has 0 amide bonds. The zero-order chi connectivity index (χ0) is 20.8. The molecule has 1 atom stereocenters. The molecule has 2 aromatic carbocycles. The van der Waals surface area contributed by atoms with Crippen LogP contribution in [0.15, 0.2) is 79.4 Å². The van der Waals surface area contributed by atoms with Gasteiger partial charge in [0.15, 0.2) is 0 Å². The van der Waals surface area contributed by atoms with E-state index >= 15 is 0 Å². The number of hydrogen-bond acceptors (Lipinski definition) is 5. The second-order valence-electron chi connectivity index (χ2n) is 7.45. The number of benzene rings is 2. The highest BCUT2D eigenvalue weighted by Gasteiger charge is 2.27. The van der Waals surface area contributed by atoms with Crippen molar-refractivity contribution in [2.24, 2.45) is 0 Å². The third-order valence-corrected chi connectivity index (χ3v) is 5.56. The van der Waals surface area contributed by atoms with E-state index in [1.165, 1.54) is 12.1 Å². The fourth-order valence-electron chi connectivity index (χ4n) is 4.02. The Bertz CT molecular complexity index is 1400. The standard InChI is InChI=1S/C24H17FN6/c25-17-6-3-14(4-7-17)19-12-27-13-21-22(19)29-24(28-21)23-18-10-15(5-8-20(18)30-31-23)16-2-1-9-26-11-16/h1-13,24,28-29H,(H,30,31). The molecule has 3 N–H and O–H groups in total. The van der Waals surface area contributed by atoms with Crippen molar-refractivity contribution in [1.82, 2.24) is 20.2 Å². The lowest BCUT2D eigenvalue weighted by Gasteiger charge is -2.12. The fourth-order valence-corrected chi connectivity index (χ4v) is 4.02. The number of rotatable bonds is 3. The molecule has 0 saturated heterocycles. The van der Waals surface area contributed by atoms with E-state index in [9.17, 15) is 4.39 Å². The Morgan fingerprint density at radius 2 is 1.68 bits per heavy atom. The van der Waals surface area contributed by atoms with Crippen molar-refractivity contribution < 1.29 is 4.39 Å². The third kappa shape index (κ3) is 2.98. The zero-order valence-corrected chi connectivity index (χ0v) is 16.3. The molecule has 7 heteroatoms. The van der Waals surface area contributed by atoms with Gasteiger partial charge in [-0.3, -0.25) is 15.1 Å². The lowest BCUT2D eigenvalue weighted by atomic mass is 10.0. The van der Waals surface area contributed by atoms with Gasteiger partial charge in [0.2, 0.25) is 0 Å². The Balaban J connectivity index is 1.39. The Labute approximate surface area is 177 Å². The molecule has 0 bridgehead atoms. The topological polar surface area (TPSA) is 78.5 Å². The van der Waals surface area contributed by atoms with E-state index in [4.69, 9.17) is 0 Å². The zero-order valence-electron chi connectivity index (χ0n) is 16.3. The van der Waals surface area contributed by atoms with Crippen molar-refractivity contribution in [2.45, 2.75) is 6.17 Å². The molecule has 1 aliphatic heterocycles.